The molecule has 0 aliphatic heterocycles. The van der Waals surface area contributed by atoms with E-state index in [1.165, 1.54) is 12.8 Å². The SMILES string of the molecule is CCCCCCCC(=O)Oc1ccc2c3oc(OC(=O)CCC)cc3cccc1-2. The average molecular weight is 396 g/mol. The van der Waals surface area contributed by atoms with Gasteiger partial charge in [0.15, 0.2) is 0 Å². The van der Waals surface area contributed by atoms with Gasteiger partial charge in [-0.3, -0.25) is 9.59 Å². The highest BCUT2D eigenvalue weighted by Crippen LogP contribution is 2.40. The van der Waals surface area contributed by atoms with Crippen LogP contribution in [0.25, 0.3) is 22.1 Å². The van der Waals surface area contributed by atoms with Gasteiger partial charge < -0.3 is 13.9 Å². The number of hydrogen-bond donors (Lipinski definition) is 0. The van der Waals surface area contributed by atoms with E-state index >= 15 is 0 Å². The first-order valence-corrected chi connectivity index (χ1v) is 10.5. The van der Waals surface area contributed by atoms with E-state index in [0.29, 0.717) is 30.6 Å². The Bertz CT molecular complexity index is 940. The molecule has 0 amide bonds. The Morgan fingerprint density at radius 2 is 1.62 bits per heavy atom. The van der Waals surface area contributed by atoms with Crippen molar-refractivity contribution in [2.24, 2.45) is 0 Å². The maximum Gasteiger partial charge on any atom is 0.313 e. The molecule has 0 radical (unpaired) electrons. The molecule has 29 heavy (non-hydrogen) atoms. The van der Waals surface area contributed by atoms with Crippen molar-refractivity contribution in [3.05, 3.63) is 36.4 Å². The Kier molecular flexibility index (Phi) is 7.28. The monoisotopic (exact) mass is 396 g/mol. The van der Waals surface area contributed by atoms with Gasteiger partial charge in [0.05, 0.1) is 0 Å². The number of rotatable bonds is 10. The molecule has 154 valence electrons. The maximum atomic E-state index is 12.2. The third kappa shape index (κ3) is 5.37. The first-order valence-electron chi connectivity index (χ1n) is 10.5. The number of esters is 2. The van der Waals surface area contributed by atoms with Gasteiger partial charge in [-0.05, 0) is 25.0 Å². The summed E-state index contributed by atoms with van der Waals surface area (Å²) in [6.45, 7) is 4.09. The molecule has 0 aromatic carbocycles. The van der Waals surface area contributed by atoms with Crippen LogP contribution < -0.4 is 9.47 Å². The molecule has 0 bridgehead atoms. The van der Waals surface area contributed by atoms with Crippen molar-refractivity contribution in [2.45, 2.75) is 65.2 Å². The number of ether oxygens (including phenoxy) is 2. The van der Waals surface area contributed by atoms with Crippen LogP contribution in [0.3, 0.4) is 0 Å². The summed E-state index contributed by atoms with van der Waals surface area (Å²) in [7, 11) is 0. The van der Waals surface area contributed by atoms with Crippen molar-refractivity contribution in [1.82, 2.24) is 0 Å². The van der Waals surface area contributed by atoms with Crippen molar-refractivity contribution < 1.29 is 23.5 Å². The lowest BCUT2D eigenvalue weighted by atomic mass is 10.1. The van der Waals surface area contributed by atoms with Crippen LogP contribution in [0.4, 0.5) is 0 Å². The van der Waals surface area contributed by atoms with E-state index in [4.69, 9.17) is 13.9 Å². The highest BCUT2D eigenvalue weighted by atomic mass is 16.6. The topological polar surface area (TPSA) is 65.7 Å². The average Bonchev–Trinajstić information content (AvgIpc) is 3.21. The lowest BCUT2D eigenvalue weighted by molar-refractivity contribution is -0.136. The largest absolute Gasteiger partial charge is 0.426 e. The molecule has 5 nitrogen and oxygen atoms in total. The van der Waals surface area contributed by atoms with E-state index in [1.54, 1.807) is 12.1 Å². The Morgan fingerprint density at radius 1 is 0.828 bits per heavy atom. The molecule has 3 rings (SSSR count). The minimum absolute atomic E-state index is 0.178. The maximum absolute atomic E-state index is 12.2. The minimum atomic E-state index is -0.316. The Labute approximate surface area is 171 Å². The Morgan fingerprint density at radius 3 is 2.41 bits per heavy atom. The predicted octanol–water partition coefficient (Wildman–Crippen LogP) is 6.51. The second-order valence-corrected chi connectivity index (χ2v) is 7.26. The van der Waals surface area contributed by atoms with E-state index in [2.05, 4.69) is 6.92 Å². The van der Waals surface area contributed by atoms with Crippen molar-refractivity contribution in [2.75, 3.05) is 0 Å². The van der Waals surface area contributed by atoms with E-state index in [1.807, 2.05) is 31.2 Å². The normalized spacial score (nSPS) is 11.1. The van der Waals surface area contributed by atoms with Gasteiger partial charge in [-0.15, -0.1) is 0 Å². The lowest BCUT2D eigenvalue weighted by Crippen LogP contribution is -2.07. The summed E-state index contributed by atoms with van der Waals surface area (Å²) in [4.78, 5) is 24.0. The molecule has 2 aliphatic carbocycles. The van der Waals surface area contributed by atoms with Gasteiger partial charge in [0.2, 0.25) is 0 Å². The molecule has 1 heterocycles. The molecule has 0 spiro atoms. The molecule has 0 saturated heterocycles. The molecule has 1 aromatic rings. The van der Waals surface area contributed by atoms with Crippen LogP contribution in [0.2, 0.25) is 0 Å². The van der Waals surface area contributed by atoms with Gasteiger partial charge in [0.1, 0.15) is 11.3 Å². The molecule has 1 aromatic heterocycles. The molecule has 0 saturated carbocycles. The van der Waals surface area contributed by atoms with E-state index in [9.17, 15) is 9.59 Å². The van der Waals surface area contributed by atoms with E-state index < -0.39 is 0 Å². The fraction of sp³-hybridized carbons (Fsp3) is 0.417. The summed E-state index contributed by atoms with van der Waals surface area (Å²) in [5, 5.41) is 0.818. The molecule has 0 N–H and O–H groups in total. The molecule has 2 aliphatic rings. The summed E-state index contributed by atoms with van der Waals surface area (Å²) < 4.78 is 16.7. The summed E-state index contributed by atoms with van der Waals surface area (Å²) in [5.74, 6) is 0.170. The summed E-state index contributed by atoms with van der Waals surface area (Å²) in [6.07, 6.45) is 6.91. The first kappa shape index (κ1) is 20.9. The van der Waals surface area contributed by atoms with E-state index in [-0.39, 0.29) is 17.9 Å². The quantitative estimate of drug-likeness (QED) is 0.289. The smallest absolute Gasteiger partial charge is 0.313 e. The van der Waals surface area contributed by atoms with Gasteiger partial charge in [-0.1, -0.05) is 57.7 Å². The minimum Gasteiger partial charge on any atom is -0.426 e. The van der Waals surface area contributed by atoms with Crippen LogP contribution in [0.15, 0.2) is 40.8 Å². The summed E-state index contributed by atoms with van der Waals surface area (Å²) >= 11 is 0. The van der Waals surface area contributed by atoms with Crippen LogP contribution in [-0.2, 0) is 9.59 Å². The number of furan rings is 1. The van der Waals surface area contributed by atoms with Gasteiger partial charge in [0.25, 0.3) is 5.95 Å². The second kappa shape index (κ2) is 10.1. The third-order valence-corrected chi connectivity index (χ3v) is 4.86. The number of fused-ring (bicyclic) bond motifs is 3. The Hall–Kier alpha value is -2.82. The van der Waals surface area contributed by atoms with Crippen molar-refractivity contribution in [3.8, 4) is 22.8 Å². The van der Waals surface area contributed by atoms with Crippen LogP contribution >= 0.6 is 0 Å². The molecule has 0 atom stereocenters. The zero-order valence-electron chi connectivity index (χ0n) is 17.2. The van der Waals surface area contributed by atoms with Gasteiger partial charge in [-0.2, -0.15) is 0 Å². The molecular weight excluding hydrogens is 368 g/mol. The standard InChI is InChI=1S/C24H28O5/c1-3-5-6-7-8-13-22(26)27-20-15-14-19-18(20)12-9-11-17-16-23(29-24(17)19)28-21(25)10-4-2/h9,11-12,14-16H,3-8,10,13H2,1-2H3. The fourth-order valence-electron chi connectivity index (χ4n) is 3.36. The van der Waals surface area contributed by atoms with Crippen molar-refractivity contribution in [1.29, 1.82) is 0 Å². The van der Waals surface area contributed by atoms with Gasteiger partial charge >= 0.3 is 11.9 Å². The fourth-order valence-corrected chi connectivity index (χ4v) is 3.36. The van der Waals surface area contributed by atoms with Gasteiger partial charge in [-0.25, -0.2) is 0 Å². The third-order valence-electron chi connectivity index (χ3n) is 4.86. The number of carbonyl (C=O) groups excluding carboxylic acids is 2. The molecule has 0 unspecified atom stereocenters. The number of carbonyl (C=O) groups is 2. The van der Waals surface area contributed by atoms with Crippen LogP contribution in [0.1, 0.15) is 65.2 Å². The van der Waals surface area contributed by atoms with Crippen LogP contribution in [-0.4, -0.2) is 11.9 Å². The molecule has 0 fully saturated rings. The Balaban J connectivity index is 1.72. The summed E-state index contributed by atoms with van der Waals surface area (Å²) in [5.41, 5.74) is 2.21. The highest BCUT2D eigenvalue weighted by molar-refractivity contribution is 5.96. The highest BCUT2D eigenvalue weighted by Gasteiger charge is 2.19. The molecular formula is C24H28O5. The van der Waals surface area contributed by atoms with Gasteiger partial charge in [0, 0.05) is 35.4 Å². The summed E-state index contributed by atoms with van der Waals surface area (Å²) in [6, 6.07) is 11.0. The van der Waals surface area contributed by atoms with Crippen molar-refractivity contribution in [3.63, 3.8) is 0 Å². The number of unbranched alkanes of at least 4 members (excludes halogenated alkanes) is 4. The van der Waals surface area contributed by atoms with Crippen LogP contribution in [0, 0.1) is 0 Å². The molecule has 5 heteroatoms. The van der Waals surface area contributed by atoms with Crippen molar-refractivity contribution >= 4 is 22.9 Å². The second-order valence-electron chi connectivity index (χ2n) is 7.26. The first-order chi connectivity index (χ1) is 14.1. The lowest BCUT2D eigenvalue weighted by Gasteiger charge is -2.05. The van der Waals surface area contributed by atoms with E-state index in [0.717, 1.165) is 35.8 Å². The zero-order valence-corrected chi connectivity index (χ0v) is 17.2. The predicted molar refractivity (Wildman–Crippen MR) is 112 cm³/mol. The van der Waals surface area contributed by atoms with Crippen LogP contribution in [0.5, 0.6) is 11.7 Å². The zero-order chi connectivity index (χ0) is 20.6. The number of hydrogen-bond acceptors (Lipinski definition) is 5.